The number of benzene rings is 1. The van der Waals surface area contributed by atoms with Gasteiger partial charge in [0.2, 0.25) is 11.7 Å². The van der Waals surface area contributed by atoms with E-state index in [9.17, 15) is 9.18 Å². The van der Waals surface area contributed by atoms with Crippen molar-refractivity contribution in [3.8, 4) is 11.4 Å². The summed E-state index contributed by atoms with van der Waals surface area (Å²) in [6, 6.07) is 5.95. The summed E-state index contributed by atoms with van der Waals surface area (Å²) < 4.78 is 13.2. The van der Waals surface area contributed by atoms with E-state index in [-0.39, 0.29) is 18.3 Å². The van der Waals surface area contributed by atoms with Crippen molar-refractivity contribution in [2.24, 2.45) is 0 Å². The molecule has 7 heteroatoms. The minimum Gasteiger partial charge on any atom is -0.354 e. The first kappa shape index (κ1) is 16.1. The van der Waals surface area contributed by atoms with Crippen molar-refractivity contribution in [3.63, 3.8) is 0 Å². The van der Waals surface area contributed by atoms with Gasteiger partial charge in [0, 0.05) is 12.1 Å². The largest absolute Gasteiger partial charge is 0.354 e. The third-order valence-corrected chi connectivity index (χ3v) is 3.17. The van der Waals surface area contributed by atoms with Crippen LogP contribution in [0.5, 0.6) is 0 Å². The predicted molar refractivity (Wildman–Crippen MR) is 80.4 cm³/mol. The number of hydrogen-bond donors (Lipinski definition) is 1. The highest BCUT2D eigenvalue weighted by Gasteiger charge is 2.09. The summed E-state index contributed by atoms with van der Waals surface area (Å²) in [6.45, 7) is 2.81. The van der Waals surface area contributed by atoms with Crippen molar-refractivity contribution in [1.82, 2.24) is 25.5 Å². The number of hydrogen-bond acceptors (Lipinski definition) is 4. The fraction of sp³-hybridized carbons (Fsp3) is 0.467. The van der Waals surface area contributed by atoms with Gasteiger partial charge in [-0.25, -0.2) is 4.39 Å². The topological polar surface area (TPSA) is 72.7 Å². The van der Waals surface area contributed by atoms with E-state index in [0.29, 0.717) is 17.9 Å². The Morgan fingerprint density at radius 1 is 1.32 bits per heavy atom. The highest BCUT2D eigenvalue weighted by atomic mass is 19.1. The quantitative estimate of drug-likeness (QED) is 0.759. The number of aromatic nitrogens is 4. The molecular weight excluding hydrogens is 285 g/mol. The van der Waals surface area contributed by atoms with E-state index in [1.165, 1.54) is 29.8 Å². The highest BCUT2D eigenvalue weighted by Crippen LogP contribution is 2.14. The van der Waals surface area contributed by atoms with E-state index < -0.39 is 0 Å². The average molecular weight is 305 g/mol. The summed E-state index contributed by atoms with van der Waals surface area (Å²) in [5, 5.41) is 14.6. The number of amides is 1. The molecule has 118 valence electrons. The summed E-state index contributed by atoms with van der Waals surface area (Å²) in [5.74, 6) is -0.214. The lowest BCUT2D eigenvalue weighted by Crippen LogP contribution is -2.29. The molecule has 2 aromatic rings. The molecular formula is C15H20FN5O. The van der Waals surface area contributed by atoms with Crippen LogP contribution in [0.15, 0.2) is 24.3 Å². The van der Waals surface area contributed by atoms with Crippen LogP contribution in [0, 0.1) is 5.82 Å². The van der Waals surface area contributed by atoms with Crippen LogP contribution in [-0.4, -0.2) is 32.7 Å². The molecule has 0 radical (unpaired) electrons. The molecule has 0 fully saturated rings. The molecule has 0 unspecified atom stereocenters. The second-order valence-corrected chi connectivity index (χ2v) is 5.06. The van der Waals surface area contributed by atoms with Crippen molar-refractivity contribution in [2.75, 3.05) is 6.54 Å². The Morgan fingerprint density at radius 3 is 2.95 bits per heavy atom. The molecule has 0 atom stereocenters. The van der Waals surface area contributed by atoms with Gasteiger partial charge in [0.1, 0.15) is 12.4 Å². The minimum absolute atomic E-state index is 0.0100. The molecule has 1 heterocycles. The molecule has 22 heavy (non-hydrogen) atoms. The first-order valence-electron chi connectivity index (χ1n) is 7.49. The van der Waals surface area contributed by atoms with E-state index in [1.807, 2.05) is 0 Å². The smallest absolute Gasteiger partial charge is 0.243 e. The van der Waals surface area contributed by atoms with Crippen LogP contribution in [0.1, 0.15) is 32.6 Å². The number of tetrazole rings is 1. The van der Waals surface area contributed by atoms with Crippen molar-refractivity contribution in [3.05, 3.63) is 30.1 Å². The normalized spacial score (nSPS) is 10.6. The zero-order valence-electron chi connectivity index (χ0n) is 12.6. The number of nitrogens with one attached hydrogen (secondary N) is 1. The Bertz CT molecular complexity index is 613. The summed E-state index contributed by atoms with van der Waals surface area (Å²) in [6.07, 6.45) is 4.43. The van der Waals surface area contributed by atoms with Crippen LogP contribution >= 0.6 is 0 Å². The SMILES string of the molecule is CCCCCCNC(=O)Cn1nnc(-c2cccc(F)c2)n1. The lowest BCUT2D eigenvalue weighted by Gasteiger charge is -2.03. The Hall–Kier alpha value is -2.31. The molecule has 0 spiro atoms. The molecule has 0 aliphatic rings. The monoisotopic (exact) mass is 305 g/mol. The summed E-state index contributed by atoms with van der Waals surface area (Å²) >= 11 is 0. The third kappa shape index (κ3) is 4.91. The first-order chi connectivity index (χ1) is 10.7. The van der Waals surface area contributed by atoms with Crippen LogP contribution in [0.2, 0.25) is 0 Å². The van der Waals surface area contributed by atoms with E-state index >= 15 is 0 Å². The maximum Gasteiger partial charge on any atom is 0.243 e. The van der Waals surface area contributed by atoms with Gasteiger partial charge in [0.25, 0.3) is 0 Å². The standard InChI is InChI=1S/C15H20FN5O/c1-2-3-4-5-9-17-14(22)11-21-19-15(18-20-21)12-7-6-8-13(16)10-12/h6-8,10H,2-5,9,11H2,1H3,(H,17,22). The fourth-order valence-electron chi connectivity index (χ4n) is 2.02. The minimum atomic E-state index is -0.362. The molecule has 1 aromatic heterocycles. The van der Waals surface area contributed by atoms with Gasteiger partial charge in [-0.15, -0.1) is 10.2 Å². The summed E-state index contributed by atoms with van der Waals surface area (Å²) in [7, 11) is 0. The molecule has 0 saturated carbocycles. The van der Waals surface area contributed by atoms with E-state index in [0.717, 1.165) is 12.8 Å². The molecule has 0 saturated heterocycles. The van der Waals surface area contributed by atoms with Crippen molar-refractivity contribution in [1.29, 1.82) is 0 Å². The van der Waals surface area contributed by atoms with Gasteiger partial charge < -0.3 is 5.32 Å². The number of nitrogens with zero attached hydrogens (tertiary/aromatic N) is 4. The van der Waals surface area contributed by atoms with Crippen molar-refractivity contribution >= 4 is 5.91 Å². The van der Waals surface area contributed by atoms with Gasteiger partial charge in [-0.2, -0.15) is 4.80 Å². The molecule has 1 aromatic carbocycles. The third-order valence-electron chi connectivity index (χ3n) is 3.17. The van der Waals surface area contributed by atoms with Crippen molar-refractivity contribution < 1.29 is 9.18 Å². The van der Waals surface area contributed by atoms with E-state index in [1.54, 1.807) is 12.1 Å². The fourth-order valence-corrected chi connectivity index (χ4v) is 2.02. The molecule has 0 aliphatic carbocycles. The van der Waals surface area contributed by atoms with Crippen LogP contribution in [-0.2, 0) is 11.3 Å². The second kappa shape index (κ2) is 8.21. The highest BCUT2D eigenvalue weighted by molar-refractivity contribution is 5.75. The van der Waals surface area contributed by atoms with Crippen molar-refractivity contribution in [2.45, 2.75) is 39.2 Å². The zero-order chi connectivity index (χ0) is 15.8. The number of carbonyl (C=O) groups is 1. The van der Waals surface area contributed by atoms with Crippen LogP contribution in [0.4, 0.5) is 4.39 Å². The van der Waals surface area contributed by atoms with Gasteiger partial charge >= 0.3 is 0 Å². The van der Waals surface area contributed by atoms with Crippen LogP contribution in [0.3, 0.4) is 0 Å². The number of unbranched alkanes of at least 4 members (excludes halogenated alkanes) is 3. The predicted octanol–water partition coefficient (Wildman–Crippen LogP) is 2.18. The Kier molecular flexibility index (Phi) is 6.00. The van der Waals surface area contributed by atoms with E-state index in [4.69, 9.17) is 0 Å². The number of halogens is 1. The molecule has 0 aliphatic heterocycles. The summed E-state index contributed by atoms with van der Waals surface area (Å²) in [4.78, 5) is 13.0. The Morgan fingerprint density at radius 2 is 2.18 bits per heavy atom. The molecule has 2 rings (SSSR count). The summed E-state index contributed by atoms with van der Waals surface area (Å²) in [5.41, 5.74) is 0.534. The van der Waals surface area contributed by atoms with Gasteiger partial charge in [0.05, 0.1) is 0 Å². The van der Waals surface area contributed by atoms with Crippen LogP contribution in [0.25, 0.3) is 11.4 Å². The second-order valence-electron chi connectivity index (χ2n) is 5.06. The van der Waals surface area contributed by atoms with Gasteiger partial charge in [-0.3, -0.25) is 4.79 Å². The Labute approximate surface area is 128 Å². The van der Waals surface area contributed by atoms with Crippen LogP contribution < -0.4 is 5.32 Å². The first-order valence-corrected chi connectivity index (χ1v) is 7.49. The molecule has 1 amide bonds. The van der Waals surface area contributed by atoms with Gasteiger partial charge in [0.15, 0.2) is 0 Å². The Balaban J connectivity index is 1.83. The maximum atomic E-state index is 13.2. The van der Waals surface area contributed by atoms with Gasteiger partial charge in [-0.1, -0.05) is 38.3 Å². The molecule has 6 nitrogen and oxygen atoms in total. The maximum absolute atomic E-state index is 13.2. The lowest BCUT2D eigenvalue weighted by atomic mass is 10.2. The average Bonchev–Trinajstić information content (AvgIpc) is 2.95. The number of rotatable bonds is 8. The molecule has 1 N–H and O–H groups in total. The van der Waals surface area contributed by atoms with E-state index in [2.05, 4.69) is 27.7 Å². The lowest BCUT2D eigenvalue weighted by molar-refractivity contribution is -0.122. The number of carbonyl (C=O) groups excluding carboxylic acids is 1. The van der Waals surface area contributed by atoms with Gasteiger partial charge in [-0.05, 0) is 23.8 Å². The zero-order valence-corrected chi connectivity index (χ0v) is 12.6. The molecule has 0 bridgehead atoms.